The van der Waals surface area contributed by atoms with Crippen molar-refractivity contribution in [3.8, 4) is 0 Å². The van der Waals surface area contributed by atoms with Gasteiger partial charge in [0.25, 0.3) is 0 Å². The van der Waals surface area contributed by atoms with Gasteiger partial charge >= 0.3 is 6.09 Å². The summed E-state index contributed by atoms with van der Waals surface area (Å²) in [7, 11) is 0. The molecule has 9 atom stereocenters. The van der Waals surface area contributed by atoms with Crippen molar-refractivity contribution in [3.63, 3.8) is 0 Å². The summed E-state index contributed by atoms with van der Waals surface area (Å²) in [5.41, 5.74) is 5.71. The van der Waals surface area contributed by atoms with Gasteiger partial charge in [-0.15, -0.1) is 0 Å². The molecule has 0 aromatic rings. The average molecular weight is 604 g/mol. The normalized spacial score (nSPS) is 35.7. The predicted molar refractivity (Wildman–Crippen MR) is 160 cm³/mol. The number of nitrogens with two attached hydrogens (primary N) is 1. The van der Waals surface area contributed by atoms with Crippen molar-refractivity contribution in [2.45, 2.75) is 121 Å². The Morgan fingerprint density at radius 1 is 1.16 bits per heavy atom. The van der Waals surface area contributed by atoms with Crippen LogP contribution in [0, 0.1) is 5.92 Å². The van der Waals surface area contributed by atoms with E-state index >= 15 is 0 Å². The zero-order valence-corrected chi connectivity index (χ0v) is 25.9. The SMILES string of the molecule is CC(C=C[C@H]1O[C@H](CC(N)=O)C[C@@]2(CO2)[C@@H]1O)=CC[C@@H]1O[C@H](C)[C@H](NC(=O)C=C[C@H](C)OC(=O)N2CCCCC2)C[C@@H]1C. The highest BCUT2D eigenvalue weighted by molar-refractivity contribution is 5.87. The highest BCUT2D eigenvalue weighted by Crippen LogP contribution is 2.43. The molecule has 43 heavy (non-hydrogen) atoms. The van der Waals surface area contributed by atoms with Crippen molar-refractivity contribution in [2.24, 2.45) is 11.7 Å². The number of piperidine rings is 1. The lowest BCUT2D eigenvalue weighted by Crippen LogP contribution is -2.50. The topological polar surface area (TPSA) is 153 Å². The van der Waals surface area contributed by atoms with Crippen LogP contribution in [0.15, 0.2) is 36.0 Å². The molecule has 0 saturated carbocycles. The first kappa shape index (κ1) is 33.2. The van der Waals surface area contributed by atoms with Gasteiger partial charge in [0.05, 0.1) is 37.4 Å². The van der Waals surface area contributed by atoms with Crippen LogP contribution in [0.2, 0.25) is 0 Å². The minimum absolute atomic E-state index is 0.00383. The highest BCUT2D eigenvalue weighted by Gasteiger charge is 2.58. The van der Waals surface area contributed by atoms with Crippen molar-refractivity contribution in [3.05, 3.63) is 36.0 Å². The standard InChI is InChI=1S/C32H49N3O8/c1-20(9-12-27-30(38)32(19-40-32)18-24(43-27)17-28(33)36)8-11-26-21(2)16-25(23(4)42-26)34-29(37)13-10-22(3)41-31(39)35-14-6-5-7-15-35/h8-10,12-13,21-27,30,38H,5-7,11,14-19H2,1-4H3,(H2,33,36)(H,34,37)/t21-,22-,23+,24+,25+,26-,27+,30+,32+/m0/s1. The van der Waals surface area contributed by atoms with E-state index in [1.54, 1.807) is 17.9 Å². The Balaban J connectivity index is 1.21. The first-order valence-electron chi connectivity index (χ1n) is 15.7. The second kappa shape index (κ2) is 14.8. The molecule has 0 unspecified atom stereocenters. The lowest BCUT2D eigenvalue weighted by molar-refractivity contribution is -0.143. The number of aliphatic hydroxyl groups excluding tert-OH is 1. The number of carbonyl (C=O) groups is 3. The van der Waals surface area contributed by atoms with Crippen molar-refractivity contribution >= 4 is 17.9 Å². The first-order valence-corrected chi connectivity index (χ1v) is 15.7. The number of likely N-dealkylation sites (tertiary alicyclic amines) is 1. The number of hydrogen-bond donors (Lipinski definition) is 3. The van der Waals surface area contributed by atoms with Gasteiger partial charge < -0.3 is 40.0 Å². The van der Waals surface area contributed by atoms with E-state index in [0.717, 1.165) is 44.3 Å². The van der Waals surface area contributed by atoms with E-state index < -0.39 is 29.8 Å². The maximum atomic E-state index is 12.6. The number of aliphatic hydroxyl groups is 1. The second-order valence-electron chi connectivity index (χ2n) is 12.6. The number of carbonyl (C=O) groups excluding carboxylic acids is 3. The zero-order valence-electron chi connectivity index (χ0n) is 25.9. The summed E-state index contributed by atoms with van der Waals surface area (Å²) in [6, 6.07) is -0.130. The van der Waals surface area contributed by atoms with E-state index in [1.165, 1.54) is 6.08 Å². The molecule has 4 heterocycles. The molecular formula is C32H49N3O8. The van der Waals surface area contributed by atoms with E-state index in [-0.39, 0.29) is 48.7 Å². The van der Waals surface area contributed by atoms with Crippen LogP contribution in [0.3, 0.4) is 0 Å². The van der Waals surface area contributed by atoms with Gasteiger partial charge in [0.2, 0.25) is 11.8 Å². The van der Waals surface area contributed by atoms with Gasteiger partial charge in [0.15, 0.2) is 0 Å². The molecule has 240 valence electrons. The van der Waals surface area contributed by atoms with Gasteiger partial charge in [-0.25, -0.2) is 4.79 Å². The minimum atomic E-state index is -0.803. The predicted octanol–water partition coefficient (Wildman–Crippen LogP) is 2.91. The molecule has 0 radical (unpaired) electrons. The fraction of sp³-hybridized carbons (Fsp3) is 0.719. The van der Waals surface area contributed by atoms with Crippen LogP contribution in [-0.2, 0) is 28.5 Å². The van der Waals surface area contributed by atoms with Crippen LogP contribution in [0.25, 0.3) is 0 Å². The summed E-state index contributed by atoms with van der Waals surface area (Å²) in [5.74, 6) is -0.463. The number of amides is 3. The molecular weight excluding hydrogens is 554 g/mol. The van der Waals surface area contributed by atoms with Crippen LogP contribution in [0.1, 0.15) is 72.6 Å². The summed E-state index contributed by atoms with van der Waals surface area (Å²) in [6.07, 6.45) is 11.2. The van der Waals surface area contributed by atoms with Gasteiger partial charge in [-0.3, -0.25) is 9.59 Å². The third kappa shape index (κ3) is 9.38. The number of rotatable bonds is 10. The minimum Gasteiger partial charge on any atom is -0.442 e. The number of epoxide rings is 1. The third-order valence-electron chi connectivity index (χ3n) is 8.90. The lowest BCUT2D eigenvalue weighted by atomic mass is 9.87. The van der Waals surface area contributed by atoms with E-state index in [2.05, 4.69) is 18.3 Å². The highest BCUT2D eigenvalue weighted by atomic mass is 16.6. The second-order valence-corrected chi connectivity index (χ2v) is 12.6. The van der Waals surface area contributed by atoms with Crippen LogP contribution in [0.4, 0.5) is 4.79 Å². The summed E-state index contributed by atoms with van der Waals surface area (Å²) in [4.78, 5) is 38.0. The molecule has 4 saturated heterocycles. The Hall–Kier alpha value is -2.73. The summed E-state index contributed by atoms with van der Waals surface area (Å²) in [5, 5.41) is 13.8. The van der Waals surface area contributed by atoms with Crippen molar-refractivity contribution < 1.29 is 38.4 Å². The van der Waals surface area contributed by atoms with Gasteiger partial charge in [0.1, 0.15) is 23.9 Å². The average Bonchev–Trinajstić information content (AvgIpc) is 3.74. The lowest BCUT2D eigenvalue weighted by Gasteiger charge is -2.39. The molecule has 1 spiro atoms. The molecule has 0 aromatic heterocycles. The molecule has 4 N–H and O–H groups in total. The molecule has 0 aromatic carbocycles. The smallest absolute Gasteiger partial charge is 0.410 e. The van der Waals surface area contributed by atoms with Crippen LogP contribution < -0.4 is 11.1 Å². The molecule has 11 heteroatoms. The molecule has 4 fully saturated rings. The Labute approximate surface area is 254 Å². The van der Waals surface area contributed by atoms with E-state index in [0.29, 0.717) is 19.4 Å². The van der Waals surface area contributed by atoms with E-state index in [9.17, 15) is 19.5 Å². The van der Waals surface area contributed by atoms with E-state index in [4.69, 9.17) is 24.7 Å². The Bertz CT molecular complexity index is 1080. The number of hydrogen-bond acceptors (Lipinski definition) is 8. The summed E-state index contributed by atoms with van der Waals surface area (Å²) >= 11 is 0. The molecule has 4 aliphatic heterocycles. The summed E-state index contributed by atoms with van der Waals surface area (Å²) in [6.45, 7) is 9.70. The molecule has 4 rings (SSSR count). The number of primary amides is 1. The van der Waals surface area contributed by atoms with Crippen molar-refractivity contribution in [1.29, 1.82) is 0 Å². The molecule has 11 nitrogen and oxygen atoms in total. The first-order chi connectivity index (χ1) is 20.5. The Morgan fingerprint density at radius 3 is 2.56 bits per heavy atom. The van der Waals surface area contributed by atoms with E-state index in [1.807, 2.05) is 26.0 Å². The number of allylic oxidation sites excluding steroid dienone is 2. The fourth-order valence-corrected chi connectivity index (χ4v) is 6.16. The number of nitrogens with zero attached hydrogens (tertiary/aromatic N) is 1. The molecule has 4 aliphatic rings. The summed E-state index contributed by atoms with van der Waals surface area (Å²) < 4.78 is 23.2. The van der Waals surface area contributed by atoms with Gasteiger partial charge in [-0.1, -0.05) is 30.7 Å². The van der Waals surface area contributed by atoms with Crippen LogP contribution in [-0.4, -0.2) is 95.9 Å². The van der Waals surface area contributed by atoms with Crippen molar-refractivity contribution in [1.82, 2.24) is 10.2 Å². The third-order valence-corrected chi connectivity index (χ3v) is 8.90. The fourth-order valence-electron chi connectivity index (χ4n) is 6.16. The maximum Gasteiger partial charge on any atom is 0.410 e. The number of ether oxygens (including phenoxy) is 4. The largest absolute Gasteiger partial charge is 0.442 e. The van der Waals surface area contributed by atoms with Gasteiger partial charge in [0, 0.05) is 25.6 Å². The zero-order chi connectivity index (χ0) is 31.1. The quantitative estimate of drug-likeness (QED) is 0.196. The number of nitrogens with one attached hydrogen (secondary N) is 1. The van der Waals surface area contributed by atoms with Crippen LogP contribution >= 0.6 is 0 Å². The monoisotopic (exact) mass is 603 g/mol. The molecule has 0 aliphatic carbocycles. The molecule has 3 amide bonds. The van der Waals surface area contributed by atoms with Gasteiger partial charge in [-0.05, 0) is 64.9 Å². The van der Waals surface area contributed by atoms with Crippen LogP contribution in [0.5, 0.6) is 0 Å². The Morgan fingerprint density at radius 2 is 1.88 bits per heavy atom. The molecule has 0 bridgehead atoms. The Kier molecular flexibility index (Phi) is 11.4. The van der Waals surface area contributed by atoms with Crippen molar-refractivity contribution in [2.75, 3.05) is 19.7 Å². The van der Waals surface area contributed by atoms with Gasteiger partial charge in [-0.2, -0.15) is 0 Å². The maximum absolute atomic E-state index is 12.6.